The van der Waals surface area contributed by atoms with Gasteiger partial charge in [-0.1, -0.05) is 123 Å². The van der Waals surface area contributed by atoms with Gasteiger partial charge in [-0.25, -0.2) is 0 Å². The molecule has 0 saturated heterocycles. The molecule has 0 unspecified atom stereocenters. The average Bonchev–Trinajstić information content (AvgIpc) is 3.41. The van der Waals surface area contributed by atoms with Gasteiger partial charge in [0.15, 0.2) is 0 Å². The minimum atomic E-state index is -0.123. The van der Waals surface area contributed by atoms with Crippen LogP contribution in [0.4, 0.5) is 22.7 Å². The van der Waals surface area contributed by atoms with Crippen LogP contribution in [0.3, 0.4) is 0 Å². The molecule has 11 rings (SSSR count). The predicted octanol–water partition coefficient (Wildman–Crippen LogP) is 14.4. The number of anilines is 4. The van der Waals surface area contributed by atoms with Gasteiger partial charge >= 0.3 is 0 Å². The molecule has 0 atom stereocenters. The maximum absolute atomic E-state index is 3.97. The maximum atomic E-state index is 3.97. The number of fused-ring (bicyclic) bond motifs is 9. The van der Waals surface area contributed by atoms with Crippen molar-refractivity contribution >= 4 is 87.4 Å². The van der Waals surface area contributed by atoms with Gasteiger partial charge in [-0.2, -0.15) is 0 Å². The topological polar surface area (TPSA) is 24.1 Å². The largest absolute Gasteiger partial charge is 0.354 e. The van der Waals surface area contributed by atoms with Crippen LogP contribution in [0.5, 0.6) is 0 Å². The molecule has 53 heavy (non-hydrogen) atoms. The summed E-state index contributed by atoms with van der Waals surface area (Å²) in [7, 11) is 0. The summed E-state index contributed by atoms with van der Waals surface area (Å²) in [6.07, 6.45) is 0. The molecule has 10 aromatic rings. The second-order valence-electron chi connectivity index (χ2n) is 15.2. The molecule has 0 spiro atoms. The van der Waals surface area contributed by atoms with E-state index in [1.165, 1.54) is 86.9 Å². The molecule has 0 aliphatic heterocycles. The van der Waals surface area contributed by atoms with Gasteiger partial charge in [0.2, 0.25) is 0 Å². The van der Waals surface area contributed by atoms with Gasteiger partial charge < -0.3 is 10.6 Å². The van der Waals surface area contributed by atoms with E-state index in [9.17, 15) is 0 Å². The molecule has 2 heteroatoms. The summed E-state index contributed by atoms with van der Waals surface area (Å²) in [5.41, 5.74) is 9.64. The molecule has 0 amide bonds. The van der Waals surface area contributed by atoms with E-state index in [0.29, 0.717) is 0 Å². The fourth-order valence-electron chi connectivity index (χ4n) is 8.96. The number of nitrogens with one attached hydrogen (secondary N) is 2. The van der Waals surface area contributed by atoms with Crippen LogP contribution in [-0.4, -0.2) is 0 Å². The normalized spacial score (nSPS) is 13.2. The zero-order valence-electron chi connectivity index (χ0n) is 29.7. The van der Waals surface area contributed by atoms with Gasteiger partial charge in [0.05, 0.1) is 11.4 Å². The van der Waals surface area contributed by atoms with Crippen molar-refractivity contribution in [1.82, 2.24) is 0 Å². The van der Waals surface area contributed by atoms with Crippen LogP contribution < -0.4 is 10.6 Å². The summed E-state index contributed by atoms with van der Waals surface area (Å²) < 4.78 is 0. The Labute approximate surface area is 308 Å². The summed E-state index contributed by atoms with van der Waals surface area (Å²) in [6.45, 7) is 4.73. The quantitative estimate of drug-likeness (QED) is 0.143. The molecule has 0 bridgehead atoms. The molecule has 2 nitrogen and oxygen atoms in total. The summed E-state index contributed by atoms with van der Waals surface area (Å²) in [4.78, 5) is 0. The molecular weight excluding hydrogens is 641 g/mol. The minimum absolute atomic E-state index is 0.123. The Morgan fingerprint density at radius 2 is 0.755 bits per heavy atom. The summed E-state index contributed by atoms with van der Waals surface area (Å²) in [5.74, 6) is 0. The third-order valence-corrected chi connectivity index (χ3v) is 11.7. The van der Waals surface area contributed by atoms with Crippen molar-refractivity contribution in [3.63, 3.8) is 0 Å². The Balaban J connectivity index is 1.14. The van der Waals surface area contributed by atoms with Crippen molar-refractivity contribution in [3.05, 3.63) is 181 Å². The zero-order chi connectivity index (χ0) is 35.3. The van der Waals surface area contributed by atoms with Gasteiger partial charge in [0, 0.05) is 38.3 Å². The highest BCUT2D eigenvalue weighted by Crippen LogP contribution is 2.53. The van der Waals surface area contributed by atoms with Crippen LogP contribution >= 0.6 is 0 Å². The van der Waals surface area contributed by atoms with Crippen LogP contribution in [0.1, 0.15) is 25.0 Å². The molecule has 0 radical (unpaired) electrons. The summed E-state index contributed by atoms with van der Waals surface area (Å²) in [5, 5.41) is 22.7. The first-order valence-corrected chi connectivity index (χ1v) is 18.5. The van der Waals surface area contributed by atoms with E-state index < -0.39 is 0 Å². The van der Waals surface area contributed by atoms with E-state index in [1.54, 1.807) is 0 Å². The summed E-state index contributed by atoms with van der Waals surface area (Å²) in [6, 6.07) is 62.6. The Hall–Kier alpha value is -6.64. The SMILES string of the molecule is CC1(C)c2ccccc2-c2cc3c(Nc4ccc5cc6ccccc6cc5c4)c4ccccc4c(Nc4ccc5cc6ccccc6cc5c4)c3cc21. The standard InChI is InChI=1S/C51H36N2/c1-51(2)47-18-10-9-15-41(47)44-29-45-46(30-48(44)51)50(53-40-22-20-36-24-32-12-4-6-14-34(32)26-38(36)28-40)43-17-8-7-16-42(43)49(45)52-39-21-19-35-23-31-11-3-5-13-33(31)25-37(35)27-39/h3-30,52-53H,1-2H3. The van der Waals surface area contributed by atoms with E-state index in [4.69, 9.17) is 0 Å². The number of benzene rings is 10. The molecule has 1 aliphatic rings. The second kappa shape index (κ2) is 11.2. The molecule has 2 N–H and O–H groups in total. The van der Waals surface area contributed by atoms with Crippen molar-refractivity contribution in [3.8, 4) is 11.1 Å². The van der Waals surface area contributed by atoms with Crippen molar-refractivity contribution in [1.29, 1.82) is 0 Å². The van der Waals surface area contributed by atoms with Crippen LogP contribution in [-0.2, 0) is 5.41 Å². The number of rotatable bonds is 4. The minimum Gasteiger partial charge on any atom is -0.354 e. The van der Waals surface area contributed by atoms with Crippen LogP contribution in [0, 0.1) is 0 Å². The van der Waals surface area contributed by atoms with E-state index in [2.05, 4.69) is 194 Å². The molecule has 0 fully saturated rings. The Kier molecular flexibility index (Phi) is 6.33. The van der Waals surface area contributed by atoms with Crippen molar-refractivity contribution < 1.29 is 0 Å². The molecule has 0 saturated carbocycles. The highest BCUT2D eigenvalue weighted by molar-refractivity contribution is 6.22. The molecule has 1 aliphatic carbocycles. The first kappa shape index (κ1) is 30.0. The van der Waals surface area contributed by atoms with Crippen LogP contribution in [0.2, 0.25) is 0 Å². The molecule has 250 valence electrons. The second-order valence-corrected chi connectivity index (χ2v) is 15.2. The lowest BCUT2D eigenvalue weighted by molar-refractivity contribution is 0.661. The lowest BCUT2D eigenvalue weighted by atomic mass is 9.81. The van der Waals surface area contributed by atoms with E-state index in [1.807, 2.05) is 0 Å². The number of hydrogen-bond donors (Lipinski definition) is 2. The zero-order valence-corrected chi connectivity index (χ0v) is 29.7. The fraction of sp³-hybridized carbons (Fsp3) is 0.0588. The highest BCUT2D eigenvalue weighted by atomic mass is 14.9. The van der Waals surface area contributed by atoms with Crippen LogP contribution in [0.25, 0.3) is 75.8 Å². The van der Waals surface area contributed by atoms with Gasteiger partial charge in [0.1, 0.15) is 0 Å². The van der Waals surface area contributed by atoms with Crippen molar-refractivity contribution in [2.75, 3.05) is 10.6 Å². The lowest BCUT2D eigenvalue weighted by Crippen LogP contribution is -2.15. The van der Waals surface area contributed by atoms with Gasteiger partial charge in [-0.15, -0.1) is 0 Å². The Morgan fingerprint density at radius 1 is 0.321 bits per heavy atom. The van der Waals surface area contributed by atoms with E-state index >= 15 is 0 Å². The number of hydrogen-bond acceptors (Lipinski definition) is 2. The first-order chi connectivity index (χ1) is 26.0. The molecule has 0 heterocycles. The highest BCUT2D eigenvalue weighted by Gasteiger charge is 2.36. The molecule has 0 aromatic heterocycles. The smallest absolute Gasteiger partial charge is 0.0545 e. The predicted molar refractivity (Wildman–Crippen MR) is 228 cm³/mol. The van der Waals surface area contributed by atoms with Gasteiger partial charge in [-0.05, 0) is 126 Å². The van der Waals surface area contributed by atoms with E-state index in [-0.39, 0.29) is 5.41 Å². The van der Waals surface area contributed by atoms with Gasteiger partial charge in [-0.3, -0.25) is 0 Å². The van der Waals surface area contributed by atoms with Crippen molar-refractivity contribution in [2.45, 2.75) is 19.3 Å². The lowest BCUT2D eigenvalue weighted by Gasteiger charge is -2.24. The molecule has 10 aromatic carbocycles. The monoisotopic (exact) mass is 676 g/mol. The fourth-order valence-corrected chi connectivity index (χ4v) is 8.96. The summed E-state index contributed by atoms with van der Waals surface area (Å²) >= 11 is 0. The van der Waals surface area contributed by atoms with Crippen LogP contribution in [0.15, 0.2) is 170 Å². The average molecular weight is 677 g/mol. The maximum Gasteiger partial charge on any atom is 0.0545 e. The third-order valence-electron chi connectivity index (χ3n) is 11.7. The van der Waals surface area contributed by atoms with Crippen molar-refractivity contribution in [2.24, 2.45) is 0 Å². The van der Waals surface area contributed by atoms with E-state index in [0.717, 1.165) is 22.7 Å². The van der Waals surface area contributed by atoms with Gasteiger partial charge in [0.25, 0.3) is 0 Å². The Bertz CT molecular complexity index is 3150. The molecular formula is C51H36N2. The Morgan fingerprint density at radius 3 is 1.30 bits per heavy atom. The third kappa shape index (κ3) is 4.65. The first-order valence-electron chi connectivity index (χ1n) is 18.5.